The van der Waals surface area contributed by atoms with Gasteiger partial charge in [0.25, 0.3) is 5.91 Å². The van der Waals surface area contributed by atoms with E-state index in [1.54, 1.807) is 19.3 Å². The summed E-state index contributed by atoms with van der Waals surface area (Å²) in [6.45, 7) is 12.9. The molecule has 26 heavy (non-hydrogen) atoms. The van der Waals surface area contributed by atoms with Gasteiger partial charge in [0.2, 0.25) is 0 Å². The molecule has 140 valence electrons. The predicted octanol–water partition coefficient (Wildman–Crippen LogP) is 4.58. The predicted molar refractivity (Wildman–Crippen MR) is 105 cm³/mol. The molecule has 4 nitrogen and oxygen atoms in total. The molecule has 4 heteroatoms. The van der Waals surface area contributed by atoms with E-state index in [2.05, 4.69) is 37.9 Å². The highest BCUT2D eigenvalue weighted by Crippen LogP contribution is 2.25. The third-order valence-electron chi connectivity index (χ3n) is 4.36. The van der Waals surface area contributed by atoms with Crippen molar-refractivity contribution >= 4 is 5.91 Å². The minimum absolute atomic E-state index is 0.0243. The first-order valence-corrected chi connectivity index (χ1v) is 9.15. The van der Waals surface area contributed by atoms with E-state index in [-0.39, 0.29) is 17.4 Å². The van der Waals surface area contributed by atoms with Crippen molar-refractivity contribution < 1.29 is 9.53 Å². The SMILES string of the molecule is CC(Oc1ccc(C(C)(C)C)cc1)C(=O)N(Cc1cccnc1)C(C)C. The van der Waals surface area contributed by atoms with Crippen molar-refractivity contribution in [3.63, 3.8) is 0 Å². The van der Waals surface area contributed by atoms with Gasteiger partial charge in [0.1, 0.15) is 5.75 Å². The molecule has 0 aliphatic rings. The fourth-order valence-corrected chi connectivity index (χ4v) is 2.72. The second kappa shape index (κ2) is 8.35. The standard InChI is InChI=1S/C22H30N2O2/c1-16(2)24(15-18-8-7-13-23-14-18)21(25)17(3)26-20-11-9-19(10-12-20)22(4,5)6/h7-14,16-17H,15H2,1-6H3. The summed E-state index contributed by atoms with van der Waals surface area (Å²) in [6, 6.07) is 11.9. The molecule has 1 unspecified atom stereocenters. The van der Waals surface area contributed by atoms with Crippen LogP contribution in [0.15, 0.2) is 48.8 Å². The number of hydrogen-bond donors (Lipinski definition) is 0. The van der Waals surface area contributed by atoms with Crippen molar-refractivity contribution in [1.29, 1.82) is 0 Å². The summed E-state index contributed by atoms with van der Waals surface area (Å²) in [6.07, 6.45) is 2.98. The van der Waals surface area contributed by atoms with Crippen molar-refractivity contribution in [2.24, 2.45) is 0 Å². The molecule has 0 N–H and O–H groups in total. The van der Waals surface area contributed by atoms with Crippen LogP contribution in [0.3, 0.4) is 0 Å². The topological polar surface area (TPSA) is 42.4 Å². The first-order chi connectivity index (χ1) is 12.2. The van der Waals surface area contributed by atoms with Crippen molar-refractivity contribution in [1.82, 2.24) is 9.88 Å². The van der Waals surface area contributed by atoms with Crippen LogP contribution in [0.1, 0.15) is 52.7 Å². The molecule has 0 fully saturated rings. The smallest absolute Gasteiger partial charge is 0.263 e. The Morgan fingerprint density at radius 2 is 1.77 bits per heavy atom. The van der Waals surface area contributed by atoms with Crippen LogP contribution in [-0.2, 0) is 16.8 Å². The van der Waals surface area contributed by atoms with Crippen LogP contribution >= 0.6 is 0 Å². The zero-order valence-corrected chi connectivity index (χ0v) is 16.7. The molecule has 2 aromatic rings. The average molecular weight is 354 g/mol. The molecule has 1 amide bonds. The number of benzene rings is 1. The number of carbonyl (C=O) groups excluding carboxylic acids is 1. The van der Waals surface area contributed by atoms with E-state index in [1.165, 1.54) is 5.56 Å². The Hall–Kier alpha value is -2.36. The fraction of sp³-hybridized carbons (Fsp3) is 0.455. The van der Waals surface area contributed by atoms with Crippen LogP contribution in [0.25, 0.3) is 0 Å². The van der Waals surface area contributed by atoms with Crippen LogP contribution in [0.4, 0.5) is 0 Å². The Morgan fingerprint density at radius 1 is 1.12 bits per heavy atom. The maximum Gasteiger partial charge on any atom is 0.263 e. The summed E-state index contributed by atoms with van der Waals surface area (Å²) in [4.78, 5) is 18.9. The second-order valence-corrected chi connectivity index (χ2v) is 7.96. The summed E-state index contributed by atoms with van der Waals surface area (Å²) in [5.74, 6) is 0.688. The molecule has 1 heterocycles. The highest BCUT2D eigenvalue weighted by Gasteiger charge is 2.24. The number of ether oxygens (including phenoxy) is 1. The fourth-order valence-electron chi connectivity index (χ4n) is 2.72. The largest absolute Gasteiger partial charge is 0.481 e. The summed E-state index contributed by atoms with van der Waals surface area (Å²) in [5, 5.41) is 0. The first-order valence-electron chi connectivity index (χ1n) is 9.15. The Labute approximate surface area is 157 Å². The van der Waals surface area contributed by atoms with Crippen LogP contribution in [-0.4, -0.2) is 27.9 Å². The molecule has 0 saturated heterocycles. The number of nitrogens with zero attached hydrogens (tertiary/aromatic N) is 2. The van der Waals surface area contributed by atoms with Gasteiger partial charge in [0.05, 0.1) is 0 Å². The summed E-state index contributed by atoms with van der Waals surface area (Å²) < 4.78 is 5.91. The number of hydrogen-bond acceptors (Lipinski definition) is 3. The Bertz CT molecular complexity index is 703. The van der Waals surface area contributed by atoms with Gasteiger partial charge >= 0.3 is 0 Å². The van der Waals surface area contributed by atoms with E-state index in [4.69, 9.17) is 4.74 Å². The summed E-state index contributed by atoms with van der Waals surface area (Å²) >= 11 is 0. The van der Waals surface area contributed by atoms with Gasteiger partial charge in [-0.3, -0.25) is 9.78 Å². The summed E-state index contributed by atoms with van der Waals surface area (Å²) in [7, 11) is 0. The van der Waals surface area contributed by atoms with Crippen LogP contribution in [0.2, 0.25) is 0 Å². The van der Waals surface area contributed by atoms with Crippen molar-refractivity contribution in [3.8, 4) is 5.75 Å². The lowest BCUT2D eigenvalue weighted by Crippen LogP contribution is -2.43. The maximum absolute atomic E-state index is 12.9. The highest BCUT2D eigenvalue weighted by atomic mass is 16.5. The van der Waals surface area contributed by atoms with Crippen molar-refractivity contribution in [2.45, 2.75) is 65.6 Å². The van der Waals surface area contributed by atoms with Crippen LogP contribution in [0, 0.1) is 0 Å². The molecular weight excluding hydrogens is 324 g/mol. The Balaban J connectivity index is 2.06. The number of rotatable bonds is 6. The van der Waals surface area contributed by atoms with Crippen molar-refractivity contribution in [2.75, 3.05) is 0 Å². The van der Waals surface area contributed by atoms with Gasteiger partial charge in [0.15, 0.2) is 6.10 Å². The summed E-state index contributed by atoms with van der Waals surface area (Å²) in [5.41, 5.74) is 2.35. The molecule has 1 aromatic carbocycles. The molecule has 0 radical (unpaired) electrons. The van der Waals surface area contributed by atoms with E-state index in [9.17, 15) is 4.79 Å². The van der Waals surface area contributed by atoms with E-state index < -0.39 is 6.10 Å². The monoisotopic (exact) mass is 354 g/mol. The Morgan fingerprint density at radius 3 is 2.27 bits per heavy atom. The molecule has 2 rings (SSSR count). The number of pyridine rings is 1. The zero-order valence-electron chi connectivity index (χ0n) is 16.7. The maximum atomic E-state index is 12.9. The highest BCUT2D eigenvalue weighted by molar-refractivity contribution is 5.81. The third kappa shape index (κ3) is 5.32. The van der Waals surface area contributed by atoms with E-state index >= 15 is 0 Å². The van der Waals surface area contributed by atoms with Gasteiger partial charge < -0.3 is 9.64 Å². The number of aromatic nitrogens is 1. The number of amides is 1. The van der Waals surface area contributed by atoms with Gasteiger partial charge in [-0.05, 0) is 55.5 Å². The normalized spacial score (nSPS) is 12.7. The Kier molecular flexibility index (Phi) is 6.41. The molecule has 0 saturated carbocycles. The average Bonchev–Trinajstić information content (AvgIpc) is 2.59. The minimum atomic E-state index is -0.547. The van der Waals surface area contributed by atoms with Gasteiger partial charge in [-0.15, -0.1) is 0 Å². The van der Waals surface area contributed by atoms with Gasteiger partial charge in [-0.1, -0.05) is 39.0 Å². The molecular formula is C22H30N2O2. The van der Waals surface area contributed by atoms with E-state index in [1.807, 2.05) is 43.0 Å². The van der Waals surface area contributed by atoms with Crippen LogP contribution in [0.5, 0.6) is 5.75 Å². The van der Waals surface area contributed by atoms with E-state index in [0.717, 1.165) is 5.56 Å². The molecule has 1 atom stereocenters. The zero-order chi connectivity index (χ0) is 19.3. The second-order valence-electron chi connectivity index (χ2n) is 7.96. The van der Waals surface area contributed by atoms with Crippen molar-refractivity contribution in [3.05, 3.63) is 59.9 Å². The number of carbonyl (C=O) groups is 1. The minimum Gasteiger partial charge on any atom is -0.481 e. The van der Waals surface area contributed by atoms with Gasteiger partial charge in [-0.2, -0.15) is 0 Å². The van der Waals surface area contributed by atoms with Gasteiger partial charge in [0, 0.05) is 25.0 Å². The molecule has 0 bridgehead atoms. The molecule has 1 aromatic heterocycles. The molecule has 0 aliphatic carbocycles. The lowest BCUT2D eigenvalue weighted by Gasteiger charge is -2.29. The quantitative estimate of drug-likeness (QED) is 0.762. The first kappa shape index (κ1) is 20.0. The molecule has 0 spiro atoms. The molecule has 0 aliphatic heterocycles. The lowest BCUT2D eigenvalue weighted by atomic mass is 9.87. The van der Waals surface area contributed by atoms with Gasteiger partial charge in [-0.25, -0.2) is 0 Å². The van der Waals surface area contributed by atoms with Crippen LogP contribution < -0.4 is 4.74 Å². The lowest BCUT2D eigenvalue weighted by molar-refractivity contribution is -0.140. The third-order valence-corrected chi connectivity index (χ3v) is 4.36. The van der Waals surface area contributed by atoms with E-state index in [0.29, 0.717) is 12.3 Å².